The molecule has 0 aliphatic heterocycles. The number of aromatic nitrogens is 3. The number of hydrogen-bond donors (Lipinski definition) is 2. The number of sulfonamides is 1. The predicted octanol–water partition coefficient (Wildman–Crippen LogP) is 4.65. The third-order valence-corrected chi connectivity index (χ3v) is 6.20. The molecule has 150 valence electrons. The number of nitriles is 1. The molecule has 0 spiro atoms. The fraction of sp³-hybridized carbons (Fsp3) is 0. The summed E-state index contributed by atoms with van der Waals surface area (Å²) in [7, 11) is -3.90. The first-order valence-electron chi connectivity index (χ1n) is 8.38. The Bertz CT molecular complexity index is 1330. The van der Waals surface area contributed by atoms with Crippen molar-refractivity contribution in [1.82, 2.24) is 15.2 Å². The van der Waals surface area contributed by atoms with Crippen LogP contribution in [-0.2, 0) is 10.0 Å². The van der Waals surface area contributed by atoms with E-state index in [9.17, 15) is 13.7 Å². The van der Waals surface area contributed by atoms with Crippen LogP contribution < -0.4 is 9.46 Å². The summed E-state index contributed by atoms with van der Waals surface area (Å²) in [4.78, 5) is 3.83. The van der Waals surface area contributed by atoms with Crippen LogP contribution >= 0.6 is 22.9 Å². The summed E-state index contributed by atoms with van der Waals surface area (Å²) in [5.41, 5.74) is 2.99. The Morgan fingerprint density at radius 3 is 2.73 bits per heavy atom. The fourth-order valence-electron chi connectivity index (χ4n) is 2.65. The molecule has 8 nitrogen and oxygen atoms in total. The van der Waals surface area contributed by atoms with E-state index in [0.29, 0.717) is 16.3 Å². The van der Waals surface area contributed by atoms with Crippen molar-refractivity contribution in [2.45, 2.75) is 4.90 Å². The quantitative estimate of drug-likeness (QED) is 0.434. The minimum atomic E-state index is -3.90. The second-order valence-corrected chi connectivity index (χ2v) is 8.82. The first kappa shape index (κ1) is 19.9. The van der Waals surface area contributed by atoms with E-state index in [4.69, 9.17) is 16.3 Å². The molecule has 0 aliphatic rings. The van der Waals surface area contributed by atoms with Crippen LogP contribution in [-0.4, -0.2) is 23.6 Å². The lowest BCUT2D eigenvalue weighted by Gasteiger charge is -2.13. The minimum Gasteiger partial charge on any atom is -0.455 e. The highest BCUT2D eigenvalue weighted by Crippen LogP contribution is 2.36. The molecule has 4 aromatic rings. The number of anilines is 1. The maximum absolute atomic E-state index is 12.6. The lowest BCUT2D eigenvalue weighted by Crippen LogP contribution is -2.13. The topological polar surface area (TPSA) is 121 Å². The summed E-state index contributed by atoms with van der Waals surface area (Å²) in [6, 6.07) is 11.1. The van der Waals surface area contributed by atoms with Gasteiger partial charge in [-0.15, -0.1) is 11.3 Å². The van der Waals surface area contributed by atoms with Crippen LogP contribution in [0.1, 0.15) is 5.56 Å². The molecule has 0 fully saturated rings. The van der Waals surface area contributed by atoms with Crippen molar-refractivity contribution in [2.24, 2.45) is 0 Å². The minimum absolute atomic E-state index is 0.0595. The van der Waals surface area contributed by atoms with Crippen molar-refractivity contribution < 1.29 is 13.2 Å². The van der Waals surface area contributed by atoms with E-state index in [-0.39, 0.29) is 22.0 Å². The molecule has 11 heteroatoms. The van der Waals surface area contributed by atoms with Crippen molar-refractivity contribution >= 4 is 38.8 Å². The van der Waals surface area contributed by atoms with Gasteiger partial charge in [-0.25, -0.2) is 13.4 Å². The van der Waals surface area contributed by atoms with Crippen LogP contribution in [0.2, 0.25) is 5.02 Å². The second kappa shape index (κ2) is 8.16. The smallest absolute Gasteiger partial charge is 0.263 e. The van der Waals surface area contributed by atoms with Gasteiger partial charge >= 0.3 is 0 Å². The Labute approximate surface area is 180 Å². The van der Waals surface area contributed by atoms with Gasteiger partial charge in [0.25, 0.3) is 10.0 Å². The molecule has 0 saturated heterocycles. The van der Waals surface area contributed by atoms with Crippen LogP contribution in [0.15, 0.2) is 64.6 Å². The zero-order valence-corrected chi connectivity index (χ0v) is 17.4. The number of aromatic amines is 1. The number of rotatable bonds is 6. The van der Waals surface area contributed by atoms with E-state index in [0.717, 1.165) is 5.56 Å². The Morgan fingerprint density at radius 1 is 1.20 bits per heavy atom. The summed E-state index contributed by atoms with van der Waals surface area (Å²) in [5.74, 6) is 0.857. The molecule has 30 heavy (non-hydrogen) atoms. The summed E-state index contributed by atoms with van der Waals surface area (Å²) in [6.45, 7) is 0. The number of nitrogens with one attached hydrogen (secondary N) is 2. The number of nitrogens with zero attached hydrogens (tertiary/aromatic N) is 3. The molecule has 0 aliphatic carbocycles. The third kappa shape index (κ3) is 4.13. The summed E-state index contributed by atoms with van der Waals surface area (Å²) in [5, 5.41) is 18.3. The van der Waals surface area contributed by atoms with Gasteiger partial charge in [0.05, 0.1) is 22.2 Å². The molecule has 2 heterocycles. The number of halogens is 1. The third-order valence-electron chi connectivity index (χ3n) is 4.02. The van der Waals surface area contributed by atoms with E-state index >= 15 is 0 Å². The Balaban J connectivity index is 1.68. The van der Waals surface area contributed by atoms with Crippen molar-refractivity contribution in [1.29, 1.82) is 5.26 Å². The summed E-state index contributed by atoms with van der Waals surface area (Å²) >= 11 is 7.37. The molecule has 0 radical (unpaired) electrons. The van der Waals surface area contributed by atoms with Crippen molar-refractivity contribution in [2.75, 3.05) is 4.72 Å². The van der Waals surface area contributed by atoms with Crippen LogP contribution in [0, 0.1) is 11.3 Å². The van der Waals surface area contributed by atoms with E-state index in [1.165, 1.54) is 35.0 Å². The summed E-state index contributed by atoms with van der Waals surface area (Å²) in [6.07, 6.45) is 3.30. The van der Waals surface area contributed by atoms with Gasteiger partial charge in [0.1, 0.15) is 17.6 Å². The molecule has 0 bridgehead atoms. The zero-order chi connectivity index (χ0) is 21.1. The van der Waals surface area contributed by atoms with Crippen LogP contribution in [0.25, 0.3) is 11.1 Å². The van der Waals surface area contributed by atoms with Gasteiger partial charge < -0.3 is 4.74 Å². The van der Waals surface area contributed by atoms with Crippen LogP contribution in [0.3, 0.4) is 0 Å². The monoisotopic (exact) mass is 457 g/mol. The molecule has 0 atom stereocenters. The van der Waals surface area contributed by atoms with Crippen LogP contribution in [0.4, 0.5) is 5.82 Å². The van der Waals surface area contributed by atoms with Gasteiger partial charge in [-0.1, -0.05) is 11.6 Å². The first-order valence-corrected chi connectivity index (χ1v) is 11.2. The standard InChI is InChI=1S/C19H12ClN5O3S2/c20-14-1-3-18(16(6-14)13-8-23-24-9-13)28-17-4-2-15(5-12(17)7-21)30(26,27)25-19-10-29-11-22-19/h1-6,8-11,25H,(H,23,24). The summed E-state index contributed by atoms with van der Waals surface area (Å²) < 4.78 is 33.4. The van der Waals surface area contributed by atoms with Gasteiger partial charge in [-0.3, -0.25) is 9.82 Å². The molecule has 2 aromatic carbocycles. The van der Waals surface area contributed by atoms with Crippen molar-refractivity contribution in [3.05, 3.63) is 70.3 Å². The van der Waals surface area contributed by atoms with Crippen molar-refractivity contribution in [3.63, 3.8) is 0 Å². The lowest BCUT2D eigenvalue weighted by molar-refractivity contribution is 0.482. The SMILES string of the molecule is N#Cc1cc(S(=O)(=O)Nc2cscn2)ccc1Oc1ccc(Cl)cc1-c1cn[nH]c1. The van der Waals surface area contributed by atoms with Gasteiger partial charge in [-0.2, -0.15) is 10.4 Å². The van der Waals surface area contributed by atoms with E-state index < -0.39 is 10.0 Å². The number of benzene rings is 2. The average Bonchev–Trinajstić information content (AvgIpc) is 3.43. The maximum atomic E-state index is 12.6. The average molecular weight is 458 g/mol. The largest absolute Gasteiger partial charge is 0.455 e. The maximum Gasteiger partial charge on any atom is 0.263 e. The highest BCUT2D eigenvalue weighted by Gasteiger charge is 2.19. The number of thiazole rings is 1. The molecule has 0 unspecified atom stereocenters. The fourth-order valence-corrected chi connectivity index (χ4v) is 4.40. The Kier molecular flexibility index (Phi) is 5.41. The number of ether oxygens (including phenoxy) is 1. The van der Waals surface area contributed by atoms with Gasteiger partial charge in [-0.05, 0) is 36.4 Å². The normalized spacial score (nSPS) is 11.1. The molecule has 0 saturated carbocycles. The first-order chi connectivity index (χ1) is 14.5. The number of H-pyrrole nitrogens is 1. The molecule has 2 N–H and O–H groups in total. The molecular weight excluding hydrogens is 446 g/mol. The predicted molar refractivity (Wildman–Crippen MR) is 113 cm³/mol. The van der Waals surface area contributed by atoms with Crippen molar-refractivity contribution in [3.8, 4) is 28.7 Å². The van der Waals surface area contributed by atoms with Gasteiger partial charge in [0.2, 0.25) is 0 Å². The highest BCUT2D eigenvalue weighted by atomic mass is 35.5. The molecule has 0 amide bonds. The molecule has 4 rings (SSSR count). The molecule has 2 aromatic heterocycles. The Hall–Kier alpha value is -3.39. The van der Waals surface area contributed by atoms with Gasteiger partial charge in [0, 0.05) is 27.7 Å². The van der Waals surface area contributed by atoms with Gasteiger partial charge in [0.15, 0.2) is 5.82 Å². The van der Waals surface area contributed by atoms with Crippen LogP contribution in [0.5, 0.6) is 11.5 Å². The van der Waals surface area contributed by atoms with E-state index in [1.807, 2.05) is 6.07 Å². The highest BCUT2D eigenvalue weighted by molar-refractivity contribution is 7.92. The zero-order valence-electron chi connectivity index (χ0n) is 15.0. The number of hydrogen-bond acceptors (Lipinski definition) is 7. The Morgan fingerprint density at radius 2 is 2.03 bits per heavy atom. The lowest BCUT2D eigenvalue weighted by atomic mass is 10.1. The van der Waals surface area contributed by atoms with E-state index in [1.54, 1.807) is 36.0 Å². The molecular formula is C19H12ClN5O3S2. The second-order valence-electron chi connectivity index (χ2n) is 5.98. The van der Waals surface area contributed by atoms with E-state index in [2.05, 4.69) is 19.9 Å².